The van der Waals surface area contributed by atoms with E-state index in [1.165, 1.54) is 6.07 Å². The summed E-state index contributed by atoms with van der Waals surface area (Å²) in [6.45, 7) is 0.760. The summed E-state index contributed by atoms with van der Waals surface area (Å²) in [5.41, 5.74) is 0.275. The molecule has 0 aliphatic carbocycles. The van der Waals surface area contributed by atoms with Crippen LogP contribution < -0.4 is 5.32 Å². The van der Waals surface area contributed by atoms with Crippen molar-refractivity contribution in [3.05, 3.63) is 28.5 Å². The van der Waals surface area contributed by atoms with E-state index in [4.69, 9.17) is 16.7 Å². The average Bonchev–Trinajstić information content (AvgIpc) is 2.26. The van der Waals surface area contributed by atoms with Crippen LogP contribution in [-0.4, -0.2) is 29.7 Å². The number of halogens is 1. The SMILES string of the molecule is CNCCC#Cc1ccc(Cl)nc1C(=O)O. The molecule has 0 unspecified atom stereocenters. The molecule has 84 valence electrons. The second-order valence-electron chi connectivity index (χ2n) is 2.99. The Morgan fingerprint density at radius 3 is 3.00 bits per heavy atom. The van der Waals surface area contributed by atoms with E-state index in [1.54, 1.807) is 6.07 Å². The highest BCUT2D eigenvalue weighted by atomic mass is 35.5. The monoisotopic (exact) mass is 238 g/mol. The summed E-state index contributed by atoms with van der Waals surface area (Å²) < 4.78 is 0. The van der Waals surface area contributed by atoms with Crippen LogP contribution in [0.1, 0.15) is 22.5 Å². The molecule has 2 N–H and O–H groups in total. The smallest absolute Gasteiger partial charge is 0.355 e. The number of carboxylic acids is 1. The Hall–Kier alpha value is -1.57. The minimum absolute atomic E-state index is 0.107. The summed E-state index contributed by atoms with van der Waals surface area (Å²) in [5, 5.41) is 12.0. The van der Waals surface area contributed by atoms with E-state index in [1.807, 2.05) is 7.05 Å². The number of hydrogen-bond acceptors (Lipinski definition) is 3. The largest absolute Gasteiger partial charge is 0.476 e. The molecule has 0 spiro atoms. The summed E-state index contributed by atoms with van der Waals surface area (Å²) in [6.07, 6.45) is 0.651. The molecule has 0 aliphatic rings. The predicted octanol–water partition coefficient (Wildman–Crippen LogP) is 1.39. The fourth-order valence-corrected chi connectivity index (χ4v) is 1.19. The van der Waals surface area contributed by atoms with Crippen molar-refractivity contribution in [2.45, 2.75) is 6.42 Å². The Labute approximate surface area is 98.6 Å². The summed E-state index contributed by atoms with van der Waals surface area (Å²) >= 11 is 5.61. The van der Waals surface area contributed by atoms with Crippen molar-refractivity contribution in [3.8, 4) is 11.8 Å². The molecular weight excluding hydrogens is 228 g/mol. The second-order valence-corrected chi connectivity index (χ2v) is 3.38. The third-order valence-electron chi connectivity index (χ3n) is 1.79. The number of pyridine rings is 1. The molecule has 0 saturated heterocycles. The van der Waals surface area contributed by atoms with E-state index < -0.39 is 5.97 Å². The maximum atomic E-state index is 10.9. The zero-order valence-electron chi connectivity index (χ0n) is 8.75. The molecule has 0 saturated carbocycles. The van der Waals surface area contributed by atoms with Crippen LogP contribution >= 0.6 is 11.6 Å². The van der Waals surface area contributed by atoms with Crippen molar-refractivity contribution in [2.24, 2.45) is 0 Å². The molecule has 16 heavy (non-hydrogen) atoms. The van der Waals surface area contributed by atoms with Gasteiger partial charge in [0, 0.05) is 13.0 Å². The molecule has 0 aliphatic heterocycles. The van der Waals surface area contributed by atoms with Gasteiger partial charge in [-0.3, -0.25) is 0 Å². The van der Waals surface area contributed by atoms with Gasteiger partial charge in [-0.2, -0.15) is 0 Å². The average molecular weight is 239 g/mol. The van der Waals surface area contributed by atoms with Gasteiger partial charge in [0.25, 0.3) is 0 Å². The minimum atomic E-state index is -1.12. The quantitative estimate of drug-likeness (QED) is 0.475. The molecule has 1 aromatic heterocycles. The van der Waals surface area contributed by atoms with E-state index in [0.29, 0.717) is 12.0 Å². The van der Waals surface area contributed by atoms with Crippen LogP contribution in [0.15, 0.2) is 12.1 Å². The number of hydrogen-bond donors (Lipinski definition) is 2. The van der Waals surface area contributed by atoms with Gasteiger partial charge in [-0.25, -0.2) is 9.78 Å². The zero-order valence-corrected chi connectivity index (χ0v) is 9.51. The number of rotatable bonds is 3. The molecule has 0 fully saturated rings. The number of aromatic carboxylic acids is 1. The number of carboxylic acid groups (broad SMARTS) is 1. The molecule has 0 amide bonds. The van der Waals surface area contributed by atoms with E-state index in [2.05, 4.69) is 22.1 Å². The highest BCUT2D eigenvalue weighted by Crippen LogP contribution is 2.10. The lowest BCUT2D eigenvalue weighted by atomic mass is 10.2. The maximum absolute atomic E-state index is 10.9. The van der Waals surface area contributed by atoms with Crippen molar-refractivity contribution in [2.75, 3.05) is 13.6 Å². The van der Waals surface area contributed by atoms with Crippen molar-refractivity contribution >= 4 is 17.6 Å². The molecule has 0 atom stereocenters. The Bertz CT molecular complexity index is 449. The molecule has 1 rings (SSSR count). The summed E-state index contributed by atoms with van der Waals surface area (Å²) in [7, 11) is 1.83. The van der Waals surface area contributed by atoms with Gasteiger partial charge in [-0.05, 0) is 19.2 Å². The third-order valence-corrected chi connectivity index (χ3v) is 2.00. The Morgan fingerprint density at radius 1 is 1.62 bits per heavy atom. The molecule has 0 bridgehead atoms. The van der Waals surface area contributed by atoms with Crippen LogP contribution in [0.5, 0.6) is 0 Å². The van der Waals surface area contributed by atoms with Crippen LogP contribution in [0.25, 0.3) is 0 Å². The molecule has 1 heterocycles. The summed E-state index contributed by atoms with van der Waals surface area (Å²) in [6, 6.07) is 3.08. The lowest BCUT2D eigenvalue weighted by Crippen LogP contribution is -2.06. The van der Waals surface area contributed by atoms with Gasteiger partial charge in [-0.1, -0.05) is 23.4 Å². The van der Waals surface area contributed by atoms with Gasteiger partial charge in [0.2, 0.25) is 0 Å². The van der Waals surface area contributed by atoms with E-state index in [-0.39, 0.29) is 10.8 Å². The lowest BCUT2D eigenvalue weighted by Gasteiger charge is -1.98. The number of carbonyl (C=O) groups is 1. The number of nitrogens with one attached hydrogen (secondary N) is 1. The number of nitrogens with zero attached hydrogens (tertiary/aromatic N) is 1. The van der Waals surface area contributed by atoms with Gasteiger partial charge in [0.1, 0.15) is 5.15 Å². The van der Waals surface area contributed by atoms with Crippen LogP contribution in [-0.2, 0) is 0 Å². The van der Waals surface area contributed by atoms with Crippen molar-refractivity contribution in [1.82, 2.24) is 10.3 Å². The number of aromatic nitrogens is 1. The Morgan fingerprint density at radius 2 is 2.38 bits per heavy atom. The maximum Gasteiger partial charge on any atom is 0.355 e. The minimum Gasteiger partial charge on any atom is -0.476 e. The van der Waals surface area contributed by atoms with E-state index in [0.717, 1.165) is 6.54 Å². The van der Waals surface area contributed by atoms with Crippen LogP contribution in [0.4, 0.5) is 0 Å². The molecule has 4 nitrogen and oxygen atoms in total. The van der Waals surface area contributed by atoms with Crippen molar-refractivity contribution in [1.29, 1.82) is 0 Å². The van der Waals surface area contributed by atoms with E-state index >= 15 is 0 Å². The standard InChI is InChI=1S/C11H11ClN2O2/c1-13-7-3-2-4-8-5-6-9(12)14-10(8)11(15)16/h5-6,13H,3,7H2,1H3,(H,15,16). The highest BCUT2D eigenvalue weighted by molar-refractivity contribution is 6.29. The zero-order chi connectivity index (χ0) is 12.0. The summed E-state index contributed by atoms with van der Waals surface area (Å²) in [4.78, 5) is 14.6. The third kappa shape index (κ3) is 3.54. The Balaban J connectivity index is 2.93. The second kappa shape index (κ2) is 6.11. The molecule has 1 aromatic rings. The first-order chi connectivity index (χ1) is 7.65. The van der Waals surface area contributed by atoms with Crippen molar-refractivity contribution < 1.29 is 9.90 Å². The Kier molecular flexibility index (Phi) is 4.77. The summed E-state index contributed by atoms with van der Waals surface area (Å²) in [5.74, 6) is 4.50. The van der Waals surface area contributed by atoms with Crippen molar-refractivity contribution in [3.63, 3.8) is 0 Å². The predicted molar refractivity (Wildman–Crippen MR) is 61.6 cm³/mol. The van der Waals surface area contributed by atoms with Gasteiger partial charge in [0.05, 0.1) is 5.56 Å². The lowest BCUT2D eigenvalue weighted by molar-refractivity contribution is 0.0690. The van der Waals surface area contributed by atoms with Gasteiger partial charge >= 0.3 is 5.97 Å². The van der Waals surface area contributed by atoms with Gasteiger partial charge < -0.3 is 10.4 Å². The molecule has 0 aromatic carbocycles. The first-order valence-corrected chi connectivity index (χ1v) is 5.06. The van der Waals surface area contributed by atoms with Crippen LogP contribution in [0.3, 0.4) is 0 Å². The van der Waals surface area contributed by atoms with E-state index in [9.17, 15) is 4.79 Å². The molecular formula is C11H11ClN2O2. The first kappa shape index (κ1) is 12.5. The molecule has 0 radical (unpaired) electrons. The first-order valence-electron chi connectivity index (χ1n) is 4.68. The van der Waals surface area contributed by atoms with Gasteiger partial charge in [-0.15, -0.1) is 0 Å². The molecule has 5 heteroatoms. The van der Waals surface area contributed by atoms with Gasteiger partial charge in [0.15, 0.2) is 5.69 Å². The highest BCUT2D eigenvalue weighted by Gasteiger charge is 2.10. The fourth-order valence-electron chi connectivity index (χ4n) is 1.04. The van der Waals surface area contributed by atoms with Crippen LogP contribution in [0.2, 0.25) is 5.15 Å². The van der Waals surface area contributed by atoms with Crippen LogP contribution in [0, 0.1) is 11.8 Å². The fraction of sp³-hybridized carbons (Fsp3) is 0.273. The topological polar surface area (TPSA) is 62.2 Å². The normalized spacial score (nSPS) is 9.38.